The Morgan fingerprint density at radius 3 is 2.61 bits per heavy atom. The van der Waals surface area contributed by atoms with E-state index in [0.29, 0.717) is 11.4 Å². The highest BCUT2D eigenvalue weighted by Crippen LogP contribution is 2.19. The molecule has 0 bridgehead atoms. The van der Waals surface area contributed by atoms with Crippen molar-refractivity contribution in [2.45, 2.75) is 0 Å². The molecule has 0 aliphatic rings. The highest BCUT2D eigenvalue weighted by molar-refractivity contribution is 7.71. The summed E-state index contributed by atoms with van der Waals surface area (Å²) in [6.45, 7) is 0. The molecule has 0 amide bonds. The molecule has 1 N–H and O–H groups in total. The molecule has 0 unspecified atom stereocenters. The molecule has 8 heteroatoms. The van der Waals surface area contributed by atoms with Crippen LogP contribution in [0.1, 0.15) is 5.56 Å². The highest BCUT2D eigenvalue weighted by Gasteiger charge is 2.09. The summed E-state index contributed by atoms with van der Waals surface area (Å²) in [4.78, 5) is 0. The van der Waals surface area contributed by atoms with Crippen LogP contribution in [0.15, 0.2) is 47.6 Å². The molecule has 1 aromatic heterocycles. The number of H-pyrrole nitrogens is 1. The maximum atomic E-state index is 13.8. The summed E-state index contributed by atoms with van der Waals surface area (Å²) >= 11 is 11.1. The van der Waals surface area contributed by atoms with Crippen molar-refractivity contribution in [3.05, 3.63) is 69.5 Å². The van der Waals surface area contributed by atoms with Crippen LogP contribution in [0.3, 0.4) is 0 Å². The first-order valence-electron chi connectivity index (χ1n) is 6.48. The van der Waals surface area contributed by atoms with Crippen molar-refractivity contribution >= 4 is 30.0 Å². The van der Waals surface area contributed by atoms with Crippen LogP contribution >= 0.6 is 23.8 Å². The lowest BCUT2D eigenvalue weighted by Gasteiger charge is -2.02. The molecule has 2 aromatic carbocycles. The molecule has 0 atom stereocenters. The molecule has 3 rings (SSSR count). The van der Waals surface area contributed by atoms with E-state index in [1.807, 2.05) is 0 Å². The van der Waals surface area contributed by atoms with Crippen molar-refractivity contribution < 1.29 is 8.78 Å². The maximum Gasteiger partial charge on any atom is 0.216 e. The number of aromatic nitrogens is 3. The van der Waals surface area contributed by atoms with Crippen molar-refractivity contribution in [3.8, 4) is 11.4 Å². The summed E-state index contributed by atoms with van der Waals surface area (Å²) in [5.41, 5.74) is 0.748. The van der Waals surface area contributed by atoms with Crippen molar-refractivity contribution in [1.29, 1.82) is 0 Å². The summed E-state index contributed by atoms with van der Waals surface area (Å²) in [5.74, 6) is -0.491. The second-order valence-corrected chi connectivity index (χ2v) is 5.34. The number of benzene rings is 2. The number of nitrogens with one attached hydrogen (secondary N) is 1. The van der Waals surface area contributed by atoms with Gasteiger partial charge in [-0.05, 0) is 48.6 Å². The molecule has 4 nitrogen and oxygen atoms in total. The minimum atomic E-state index is -0.500. The molecule has 0 aliphatic carbocycles. The molecule has 116 valence electrons. The van der Waals surface area contributed by atoms with E-state index in [4.69, 9.17) is 23.8 Å². The smallest absolute Gasteiger partial charge is 0.216 e. The van der Waals surface area contributed by atoms with Gasteiger partial charge in [-0.1, -0.05) is 17.7 Å². The third-order valence-corrected chi connectivity index (χ3v) is 3.65. The van der Waals surface area contributed by atoms with E-state index >= 15 is 0 Å². The number of halogens is 3. The average molecular weight is 351 g/mol. The maximum absolute atomic E-state index is 13.8. The highest BCUT2D eigenvalue weighted by atomic mass is 35.5. The van der Waals surface area contributed by atoms with Crippen LogP contribution in [0, 0.1) is 16.4 Å². The Hall–Kier alpha value is -2.38. The molecule has 0 fully saturated rings. The molecular weight excluding hydrogens is 342 g/mol. The first-order chi connectivity index (χ1) is 11.1. The molecule has 0 radical (unpaired) electrons. The van der Waals surface area contributed by atoms with E-state index in [-0.39, 0.29) is 21.2 Å². The van der Waals surface area contributed by atoms with Crippen LogP contribution in [-0.2, 0) is 0 Å². The minimum Gasteiger partial charge on any atom is -0.250 e. The van der Waals surface area contributed by atoms with Gasteiger partial charge < -0.3 is 0 Å². The predicted octanol–water partition coefficient (Wildman–Crippen LogP) is 4.42. The first kappa shape index (κ1) is 15.5. The van der Waals surface area contributed by atoms with E-state index in [2.05, 4.69) is 15.3 Å². The van der Waals surface area contributed by atoms with E-state index < -0.39 is 5.82 Å². The summed E-state index contributed by atoms with van der Waals surface area (Å²) in [6, 6.07) is 10.0. The van der Waals surface area contributed by atoms with Gasteiger partial charge in [0.15, 0.2) is 5.82 Å². The zero-order valence-electron chi connectivity index (χ0n) is 11.5. The molecule has 0 saturated carbocycles. The largest absolute Gasteiger partial charge is 0.250 e. The van der Waals surface area contributed by atoms with Gasteiger partial charge >= 0.3 is 0 Å². The van der Waals surface area contributed by atoms with Crippen molar-refractivity contribution in [2.24, 2.45) is 5.10 Å². The molecule has 0 aliphatic heterocycles. The van der Waals surface area contributed by atoms with Crippen LogP contribution in [-0.4, -0.2) is 21.1 Å². The fourth-order valence-corrected chi connectivity index (χ4v) is 2.33. The zero-order chi connectivity index (χ0) is 16.4. The summed E-state index contributed by atoms with van der Waals surface area (Å²) < 4.78 is 28.3. The zero-order valence-corrected chi connectivity index (χ0v) is 13.1. The van der Waals surface area contributed by atoms with Crippen molar-refractivity contribution in [3.63, 3.8) is 0 Å². The number of rotatable bonds is 3. The topological polar surface area (TPSA) is 46.0 Å². The molecule has 0 saturated heterocycles. The van der Waals surface area contributed by atoms with Gasteiger partial charge in [0.1, 0.15) is 11.6 Å². The van der Waals surface area contributed by atoms with Gasteiger partial charge in [0.2, 0.25) is 4.77 Å². The summed E-state index contributed by atoms with van der Waals surface area (Å²) in [6.07, 6.45) is 1.26. The Morgan fingerprint density at radius 2 is 1.91 bits per heavy atom. The van der Waals surface area contributed by atoms with Gasteiger partial charge in [-0.15, -0.1) is 0 Å². The first-order valence-corrected chi connectivity index (χ1v) is 7.26. The van der Waals surface area contributed by atoms with E-state index in [9.17, 15) is 8.78 Å². The third-order valence-electron chi connectivity index (χ3n) is 3.05. The second kappa shape index (κ2) is 6.39. The van der Waals surface area contributed by atoms with Gasteiger partial charge in [-0.3, -0.25) is 0 Å². The van der Waals surface area contributed by atoms with Gasteiger partial charge in [-0.2, -0.15) is 14.9 Å². The molecule has 3 aromatic rings. The van der Waals surface area contributed by atoms with Crippen molar-refractivity contribution in [2.75, 3.05) is 0 Å². The molecule has 23 heavy (non-hydrogen) atoms. The normalized spacial score (nSPS) is 11.3. The summed E-state index contributed by atoms with van der Waals surface area (Å²) in [5, 5.41) is 11.0. The van der Waals surface area contributed by atoms with Gasteiger partial charge in [0.25, 0.3) is 0 Å². The standard InChI is InChI=1S/C15H9ClF2N4S/c16-12-2-1-3-13(18)11(12)8-19-22-14(20-21-15(22)23)9-4-6-10(17)7-5-9/h1-8H,(H,21,23)/b19-8+. The molecular formula is C15H9ClF2N4S. The Morgan fingerprint density at radius 1 is 1.17 bits per heavy atom. The van der Waals surface area contributed by atoms with Crippen LogP contribution in [0.25, 0.3) is 11.4 Å². The lowest BCUT2D eigenvalue weighted by Crippen LogP contribution is -1.97. The van der Waals surface area contributed by atoms with Crippen LogP contribution in [0.4, 0.5) is 8.78 Å². The Bertz CT molecular complexity index is 911. The fourth-order valence-electron chi connectivity index (χ4n) is 1.93. The van der Waals surface area contributed by atoms with Gasteiger partial charge in [0, 0.05) is 11.1 Å². The second-order valence-electron chi connectivity index (χ2n) is 4.55. The van der Waals surface area contributed by atoms with Crippen LogP contribution in [0.2, 0.25) is 5.02 Å². The number of nitrogens with zero attached hydrogens (tertiary/aromatic N) is 3. The van der Waals surface area contributed by atoms with Gasteiger partial charge in [0.05, 0.1) is 11.2 Å². The van der Waals surface area contributed by atoms with Crippen molar-refractivity contribution in [1.82, 2.24) is 14.9 Å². The number of hydrogen-bond acceptors (Lipinski definition) is 3. The molecule has 1 heterocycles. The average Bonchev–Trinajstić information content (AvgIpc) is 2.89. The fraction of sp³-hybridized carbons (Fsp3) is 0. The third kappa shape index (κ3) is 3.20. The summed E-state index contributed by atoms with van der Waals surface area (Å²) in [7, 11) is 0. The number of hydrogen-bond donors (Lipinski definition) is 1. The number of aromatic amines is 1. The monoisotopic (exact) mass is 350 g/mol. The molecule has 0 spiro atoms. The lowest BCUT2D eigenvalue weighted by molar-refractivity contribution is 0.625. The quantitative estimate of drug-likeness (QED) is 0.561. The van der Waals surface area contributed by atoms with Gasteiger partial charge in [-0.25, -0.2) is 13.9 Å². The SMILES string of the molecule is Fc1ccc(-c2n[nH]c(=S)n2/N=C/c2c(F)cccc2Cl)cc1. The van der Waals surface area contributed by atoms with E-state index in [0.717, 1.165) is 0 Å². The lowest BCUT2D eigenvalue weighted by atomic mass is 10.2. The van der Waals surface area contributed by atoms with Crippen LogP contribution in [0.5, 0.6) is 0 Å². The van der Waals surface area contributed by atoms with Crippen LogP contribution < -0.4 is 0 Å². The predicted molar refractivity (Wildman–Crippen MR) is 87.2 cm³/mol. The Kier molecular flexibility index (Phi) is 4.31. The van der Waals surface area contributed by atoms with E-state index in [1.54, 1.807) is 18.2 Å². The Balaban J connectivity index is 2.04. The Labute approximate surface area is 140 Å². The minimum absolute atomic E-state index is 0.141. The van der Waals surface area contributed by atoms with E-state index in [1.165, 1.54) is 35.2 Å².